The Labute approximate surface area is 147 Å². The van der Waals surface area contributed by atoms with Gasteiger partial charge < -0.3 is 9.64 Å². The number of carbonyl (C=O) groups is 2. The van der Waals surface area contributed by atoms with Gasteiger partial charge in [-0.3, -0.25) is 9.59 Å². The number of ketones is 1. The van der Waals surface area contributed by atoms with Crippen LogP contribution in [0.4, 0.5) is 0 Å². The summed E-state index contributed by atoms with van der Waals surface area (Å²) in [6.07, 6.45) is 0.291. The first-order valence-corrected chi connectivity index (χ1v) is 7.95. The molecule has 0 aromatic heterocycles. The van der Waals surface area contributed by atoms with E-state index in [1.165, 1.54) is 6.92 Å². The van der Waals surface area contributed by atoms with Crippen molar-refractivity contribution >= 4 is 11.7 Å². The van der Waals surface area contributed by atoms with Crippen molar-refractivity contribution in [3.8, 4) is 17.6 Å². The number of ether oxygens (including phenoxy) is 1. The summed E-state index contributed by atoms with van der Waals surface area (Å²) in [7, 11) is 1.69. The smallest absolute Gasteiger partial charge is 0.253 e. The molecule has 0 spiro atoms. The highest BCUT2D eigenvalue weighted by molar-refractivity contribution is 5.94. The molecule has 0 aliphatic carbocycles. The van der Waals surface area contributed by atoms with Gasteiger partial charge >= 0.3 is 0 Å². The number of nitriles is 1. The van der Waals surface area contributed by atoms with Crippen LogP contribution < -0.4 is 4.74 Å². The Bertz CT molecular complexity index is 789. The summed E-state index contributed by atoms with van der Waals surface area (Å²) in [5.74, 6) is 1.08. The van der Waals surface area contributed by atoms with Gasteiger partial charge in [-0.1, -0.05) is 0 Å². The van der Waals surface area contributed by atoms with Crippen LogP contribution in [0, 0.1) is 11.3 Å². The van der Waals surface area contributed by atoms with Crippen molar-refractivity contribution in [2.24, 2.45) is 0 Å². The van der Waals surface area contributed by atoms with Crippen molar-refractivity contribution in [3.63, 3.8) is 0 Å². The van der Waals surface area contributed by atoms with Crippen molar-refractivity contribution in [1.82, 2.24) is 4.90 Å². The van der Waals surface area contributed by atoms with E-state index in [4.69, 9.17) is 10.00 Å². The monoisotopic (exact) mass is 336 g/mol. The van der Waals surface area contributed by atoms with E-state index in [9.17, 15) is 9.59 Å². The molecule has 0 aliphatic rings. The molecule has 0 N–H and O–H groups in total. The van der Waals surface area contributed by atoms with Gasteiger partial charge in [0.05, 0.1) is 12.5 Å². The number of Topliss-reactive ketones (excluding diaryl/α,β-unsaturated/α-hetero) is 1. The van der Waals surface area contributed by atoms with Gasteiger partial charge in [-0.2, -0.15) is 5.26 Å². The zero-order valence-corrected chi connectivity index (χ0v) is 14.5. The predicted molar refractivity (Wildman–Crippen MR) is 94.7 cm³/mol. The first-order valence-electron chi connectivity index (χ1n) is 7.95. The fourth-order valence-electron chi connectivity index (χ4n) is 2.23. The maximum atomic E-state index is 12.4. The van der Waals surface area contributed by atoms with E-state index >= 15 is 0 Å². The third kappa shape index (κ3) is 4.67. The molecule has 5 heteroatoms. The van der Waals surface area contributed by atoms with Crippen molar-refractivity contribution in [2.75, 3.05) is 7.05 Å². The van der Waals surface area contributed by atoms with Gasteiger partial charge in [0.2, 0.25) is 0 Å². The average Bonchev–Trinajstić information content (AvgIpc) is 2.61. The van der Waals surface area contributed by atoms with Crippen LogP contribution in [-0.2, 0) is 0 Å². The minimum atomic E-state index is -0.145. The summed E-state index contributed by atoms with van der Waals surface area (Å²) in [4.78, 5) is 25.2. The van der Waals surface area contributed by atoms with Gasteiger partial charge in [0.25, 0.3) is 5.91 Å². The Morgan fingerprint density at radius 3 is 1.96 bits per heavy atom. The predicted octanol–water partition coefficient (Wildman–Crippen LogP) is 4.06. The molecular weight excluding hydrogens is 316 g/mol. The highest BCUT2D eigenvalue weighted by Gasteiger charge is 2.17. The number of benzene rings is 2. The van der Waals surface area contributed by atoms with E-state index < -0.39 is 0 Å². The van der Waals surface area contributed by atoms with E-state index in [0.29, 0.717) is 29.0 Å². The molecule has 0 saturated heterocycles. The number of rotatable bonds is 6. The topological polar surface area (TPSA) is 70.4 Å². The molecule has 1 atom stereocenters. The zero-order chi connectivity index (χ0) is 18.4. The van der Waals surface area contributed by atoms with Crippen molar-refractivity contribution in [2.45, 2.75) is 26.3 Å². The lowest BCUT2D eigenvalue weighted by Crippen LogP contribution is -2.34. The lowest BCUT2D eigenvalue weighted by Gasteiger charge is -2.23. The lowest BCUT2D eigenvalue weighted by atomic mass is 10.1. The van der Waals surface area contributed by atoms with Crippen LogP contribution in [0.2, 0.25) is 0 Å². The minimum absolute atomic E-state index is 0.00385. The summed E-state index contributed by atoms with van der Waals surface area (Å²) in [5.41, 5.74) is 1.16. The van der Waals surface area contributed by atoms with Crippen LogP contribution in [0.15, 0.2) is 48.5 Å². The lowest BCUT2D eigenvalue weighted by molar-refractivity contribution is 0.0746. The molecule has 5 nitrogen and oxygen atoms in total. The van der Waals surface area contributed by atoms with Gasteiger partial charge in [-0.25, -0.2) is 0 Å². The summed E-state index contributed by atoms with van der Waals surface area (Å²) in [6.45, 7) is 3.35. The molecule has 0 radical (unpaired) electrons. The van der Waals surface area contributed by atoms with Crippen molar-refractivity contribution in [1.29, 1.82) is 5.26 Å². The number of carbonyl (C=O) groups excluding carboxylic acids is 2. The number of nitrogens with zero attached hydrogens (tertiary/aromatic N) is 2. The van der Waals surface area contributed by atoms with Crippen LogP contribution in [-0.4, -0.2) is 29.7 Å². The normalized spacial score (nSPS) is 11.3. The molecule has 0 saturated carbocycles. The summed E-state index contributed by atoms with van der Waals surface area (Å²) in [6, 6.07) is 15.6. The Hall–Kier alpha value is -3.13. The molecular formula is C20H20N2O3. The summed E-state index contributed by atoms with van der Waals surface area (Å²) >= 11 is 0. The summed E-state index contributed by atoms with van der Waals surface area (Å²) < 4.78 is 5.72. The zero-order valence-electron chi connectivity index (χ0n) is 14.5. The number of hydrogen-bond donors (Lipinski definition) is 0. The number of amides is 1. The van der Waals surface area contributed by atoms with Gasteiger partial charge in [0, 0.05) is 24.2 Å². The maximum absolute atomic E-state index is 12.4. The molecule has 0 unspecified atom stereocenters. The molecule has 2 rings (SSSR count). The molecule has 2 aromatic carbocycles. The Balaban J connectivity index is 2.05. The third-order valence-corrected chi connectivity index (χ3v) is 3.97. The van der Waals surface area contributed by atoms with Crippen molar-refractivity contribution in [3.05, 3.63) is 59.7 Å². The van der Waals surface area contributed by atoms with Gasteiger partial charge in [0.15, 0.2) is 5.78 Å². The SMILES string of the molecule is CC(=O)c1ccc(Oc2ccc(C(=O)N(C)[C@H](C)CC#N)cc2)cc1. The van der Waals surface area contributed by atoms with E-state index in [2.05, 4.69) is 6.07 Å². The highest BCUT2D eigenvalue weighted by atomic mass is 16.5. The Morgan fingerprint density at radius 2 is 1.52 bits per heavy atom. The molecule has 2 aromatic rings. The van der Waals surface area contributed by atoms with E-state index in [1.807, 2.05) is 6.92 Å². The Kier molecular flexibility index (Phi) is 5.91. The van der Waals surface area contributed by atoms with Crippen LogP contribution >= 0.6 is 0 Å². The second-order valence-corrected chi connectivity index (χ2v) is 5.83. The van der Waals surface area contributed by atoms with Gasteiger partial charge in [-0.05, 0) is 62.4 Å². The molecule has 0 heterocycles. The Morgan fingerprint density at radius 1 is 1.04 bits per heavy atom. The first-order chi connectivity index (χ1) is 11.9. The highest BCUT2D eigenvalue weighted by Crippen LogP contribution is 2.22. The minimum Gasteiger partial charge on any atom is -0.457 e. The molecule has 0 fully saturated rings. The standard InChI is InChI=1S/C20H20N2O3/c1-14(12-13-21)22(3)20(24)17-6-10-19(11-7-17)25-18-8-4-16(5-9-18)15(2)23/h4-11,14H,12H2,1-3H3/t14-/m1/s1. The maximum Gasteiger partial charge on any atom is 0.253 e. The van der Waals surface area contributed by atoms with Crippen LogP contribution in [0.1, 0.15) is 41.0 Å². The first kappa shape index (κ1) is 18.2. The molecule has 1 amide bonds. The number of hydrogen-bond acceptors (Lipinski definition) is 4. The molecule has 0 bridgehead atoms. The van der Waals surface area contributed by atoms with E-state index in [-0.39, 0.29) is 17.7 Å². The molecule has 128 valence electrons. The van der Waals surface area contributed by atoms with Gasteiger partial charge in [-0.15, -0.1) is 0 Å². The quantitative estimate of drug-likeness (QED) is 0.746. The van der Waals surface area contributed by atoms with Crippen LogP contribution in [0.25, 0.3) is 0 Å². The van der Waals surface area contributed by atoms with Crippen molar-refractivity contribution < 1.29 is 14.3 Å². The van der Waals surface area contributed by atoms with Crippen LogP contribution in [0.3, 0.4) is 0 Å². The second kappa shape index (κ2) is 8.11. The van der Waals surface area contributed by atoms with E-state index in [1.54, 1.807) is 60.5 Å². The fraction of sp³-hybridized carbons (Fsp3) is 0.250. The average molecular weight is 336 g/mol. The molecule has 0 aliphatic heterocycles. The largest absolute Gasteiger partial charge is 0.457 e. The fourth-order valence-corrected chi connectivity index (χ4v) is 2.23. The van der Waals surface area contributed by atoms with E-state index in [0.717, 1.165) is 0 Å². The molecule has 25 heavy (non-hydrogen) atoms. The summed E-state index contributed by atoms with van der Waals surface area (Å²) in [5, 5.41) is 8.74. The second-order valence-electron chi connectivity index (χ2n) is 5.83. The third-order valence-electron chi connectivity index (χ3n) is 3.97. The van der Waals surface area contributed by atoms with Gasteiger partial charge in [0.1, 0.15) is 11.5 Å². The van der Waals surface area contributed by atoms with Crippen LogP contribution in [0.5, 0.6) is 11.5 Å².